The predicted octanol–water partition coefficient (Wildman–Crippen LogP) is 3.66. The number of hydrogen-bond acceptors (Lipinski definition) is 4. The zero-order valence-electron chi connectivity index (χ0n) is 13.8. The van der Waals surface area contributed by atoms with Crippen molar-refractivity contribution in [1.29, 1.82) is 0 Å². The molecule has 4 rings (SSSR count). The number of thiophene rings is 1. The molecule has 0 amide bonds. The van der Waals surface area contributed by atoms with E-state index in [0.717, 1.165) is 21.3 Å². The summed E-state index contributed by atoms with van der Waals surface area (Å²) in [6.45, 7) is 4.08. The Hall–Kier alpha value is -2.40. The Morgan fingerprint density at radius 1 is 1.21 bits per heavy atom. The summed E-state index contributed by atoms with van der Waals surface area (Å²) >= 11 is 1.69. The summed E-state index contributed by atoms with van der Waals surface area (Å²) in [4.78, 5) is 27.6. The second kappa shape index (κ2) is 5.31. The van der Waals surface area contributed by atoms with Gasteiger partial charge in [-0.15, -0.1) is 11.3 Å². The molecule has 0 aliphatic carbocycles. The van der Waals surface area contributed by atoms with Crippen molar-refractivity contribution in [3.63, 3.8) is 0 Å². The van der Waals surface area contributed by atoms with E-state index in [0.29, 0.717) is 11.3 Å². The third kappa shape index (κ3) is 2.12. The Bertz CT molecular complexity index is 1040. The van der Waals surface area contributed by atoms with Gasteiger partial charge in [-0.25, -0.2) is 0 Å². The van der Waals surface area contributed by atoms with Gasteiger partial charge in [-0.05, 0) is 37.6 Å². The van der Waals surface area contributed by atoms with Crippen LogP contribution in [-0.4, -0.2) is 10.5 Å². The van der Waals surface area contributed by atoms with E-state index in [2.05, 4.69) is 6.07 Å². The summed E-state index contributed by atoms with van der Waals surface area (Å²) in [7, 11) is 1.77. The summed E-state index contributed by atoms with van der Waals surface area (Å²) in [6.07, 6.45) is 0.206. The number of rotatable bonds is 1. The molecule has 0 unspecified atom stereocenters. The number of ether oxygens (including phenoxy) is 1. The molecule has 0 bridgehead atoms. The maximum absolute atomic E-state index is 13.0. The number of pyridine rings is 1. The Morgan fingerprint density at radius 3 is 2.67 bits per heavy atom. The molecule has 1 aliphatic rings. The molecule has 1 aliphatic heterocycles. The fraction of sp³-hybridized carbons (Fsp3) is 0.263. The van der Waals surface area contributed by atoms with E-state index in [1.165, 1.54) is 4.88 Å². The summed E-state index contributed by atoms with van der Waals surface area (Å²) in [6, 6.07) is 9.62. The maximum atomic E-state index is 13.0. The predicted molar refractivity (Wildman–Crippen MR) is 95.1 cm³/mol. The van der Waals surface area contributed by atoms with Gasteiger partial charge in [-0.3, -0.25) is 9.59 Å². The van der Waals surface area contributed by atoms with Gasteiger partial charge in [-0.2, -0.15) is 0 Å². The number of para-hydroxylation sites is 1. The lowest BCUT2D eigenvalue weighted by atomic mass is 9.86. The van der Waals surface area contributed by atoms with Crippen molar-refractivity contribution in [3.8, 4) is 5.75 Å². The number of benzene rings is 1. The Morgan fingerprint density at radius 2 is 1.96 bits per heavy atom. The van der Waals surface area contributed by atoms with Crippen molar-refractivity contribution in [2.75, 3.05) is 0 Å². The molecule has 4 nitrogen and oxygen atoms in total. The fourth-order valence-corrected chi connectivity index (χ4v) is 4.58. The third-order valence-electron chi connectivity index (χ3n) is 4.68. The first kappa shape index (κ1) is 15.1. The highest BCUT2D eigenvalue weighted by Crippen LogP contribution is 2.42. The number of carbonyl (C=O) groups is 1. The van der Waals surface area contributed by atoms with Crippen molar-refractivity contribution in [2.45, 2.75) is 26.2 Å². The molecule has 0 N–H and O–H groups in total. The molecule has 0 spiro atoms. The van der Waals surface area contributed by atoms with Crippen LogP contribution in [0.5, 0.6) is 5.75 Å². The van der Waals surface area contributed by atoms with Crippen LogP contribution in [-0.2, 0) is 11.8 Å². The van der Waals surface area contributed by atoms with Crippen LogP contribution in [0.1, 0.15) is 33.2 Å². The standard InChI is InChI=1S/C19H17NO3S/c1-10-8-13(11(2)24-10)14-9-16(21)23-18-12-6-4-5-7-15(12)20(3)19(22)17(14)18/h4-8,14H,9H2,1-3H3/t14-/m0/s1. The van der Waals surface area contributed by atoms with E-state index in [1.54, 1.807) is 23.0 Å². The molecular formula is C19H17NO3S. The molecule has 122 valence electrons. The molecule has 24 heavy (non-hydrogen) atoms. The molecule has 3 aromatic rings. The van der Waals surface area contributed by atoms with Gasteiger partial charge in [0.05, 0.1) is 17.5 Å². The third-order valence-corrected chi connectivity index (χ3v) is 5.66. The monoisotopic (exact) mass is 339 g/mol. The first-order valence-corrected chi connectivity index (χ1v) is 8.68. The lowest BCUT2D eigenvalue weighted by Crippen LogP contribution is -2.31. The van der Waals surface area contributed by atoms with E-state index in [-0.39, 0.29) is 23.9 Å². The van der Waals surface area contributed by atoms with Crippen molar-refractivity contribution >= 4 is 28.2 Å². The maximum Gasteiger partial charge on any atom is 0.312 e. The van der Waals surface area contributed by atoms with Crippen LogP contribution < -0.4 is 10.3 Å². The summed E-state index contributed by atoms with van der Waals surface area (Å²) in [5, 5.41) is 0.803. The number of hydrogen-bond donors (Lipinski definition) is 0. The van der Waals surface area contributed by atoms with Crippen molar-refractivity contribution in [2.24, 2.45) is 7.05 Å². The van der Waals surface area contributed by atoms with Gasteiger partial charge >= 0.3 is 5.97 Å². The molecule has 1 aromatic carbocycles. The molecule has 0 fully saturated rings. The average Bonchev–Trinajstić information content (AvgIpc) is 2.90. The molecular weight excluding hydrogens is 322 g/mol. The van der Waals surface area contributed by atoms with Gasteiger partial charge in [0.25, 0.3) is 5.56 Å². The van der Waals surface area contributed by atoms with Crippen LogP contribution in [0.4, 0.5) is 0 Å². The highest BCUT2D eigenvalue weighted by atomic mass is 32.1. The van der Waals surface area contributed by atoms with E-state index in [9.17, 15) is 9.59 Å². The molecule has 3 heterocycles. The zero-order valence-corrected chi connectivity index (χ0v) is 14.6. The summed E-state index contributed by atoms with van der Waals surface area (Å²) in [5.74, 6) is -0.0955. The van der Waals surface area contributed by atoms with Crippen molar-refractivity contribution < 1.29 is 9.53 Å². The highest BCUT2D eigenvalue weighted by molar-refractivity contribution is 7.12. The minimum atomic E-state index is -0.283. The van der Waals surface area contributed by atoms with E-state index in [4.69, 9.17) is 4.74 Å². The Labute approximate surface area is 143 Å². The van der Waals surface area contributed by atoms with Gasteiger partial charge in [0.15, 0.2) is 0 Å². The molecule has 0 radical (unpaired) electrons. The van der Waals surface area contributed by atoms with Crippen LogP contribution in [0.25, 0.3) is 10.9 Å². The van der Waals surface area contributed by atoms with Crippen LogP contribution in [0.3, 0.4) is 0 Å². The van der Waals surface area contributed by atoms with Crippen molar-refractivity contribution in [1.82, 2.24) is 4.57 Å². The van der Waals surface area contributed by atoms with Gasteiger partial charge in [0.1, 0.15) is 5.75 Å². The largest absolute Gasteiger partial charge is 0.425 e. The lowest BCUT2D eigenvalue weighted by Gasteiger charge is -2.26. The quantitative estimate of drug-likeness (QED) is 0.636. The number of nitrogens with zero attached hydrogens (tertiary/aromatic N) is 1. The number of esters is 1. The van der Waals surface area contributed by atoms with Crippen LogP contribution in [0.15, 0.2) is 35.1 Å². The van der Waals surface area contributed by atoms with Gasteiger partial charge in [-0.1, -0.05) is 12.1 Å². The lowest BCUT2D eigenvalue weighted by molar-refractivity contribution is -0.135. The molecule has 1 atom stereocenters. The Kier molecular flexibility index (Phi) is 3.35. The first-order valence-electron chi connectivity index (χ1n) is 7.86. The number of aromatic nitrogens is 1. The summed E-state index contributed by atoms with van der Waals surface area (Å²) in [5.41, 5.74) is 2.33. The normalized spacial score (nSPS) is 17.0. The fourth-order valence-electron chi connectivity index (χ4n) is 3.59. The number of carbonyl (C=O) groups excluding carboxylic acids is 1. The topological polar surface area (TPSA) is 48.3 Å². The minimum Gasteiger partial charge on any atom is -0.425 e. The minimum absolute atomic E-state index is 0.0931. The van der Waals surface area contributed by atoms with Crippen LogP contribution >= 0.6 is 11.3 Å². The second-order valence-corrected chi connectivity index (χ2v) is 7.68. The summed E-state index contributed by atoms with van der Waals surface area (Å²) < 4.78 is 7.18. The molecule has 2 aromatic heterocycles. The SMILES string of the molecule is Cc1cc([C@@H]2CC(=O)Oc3c2c(=O)n(C)c2ccccc32)c(C)s1. The number of fused-ring (bicyclic) bond motifs is 3. The van der Waals surface area contributed by atoms with E-state index in [1.807, 2.05) is 38.1 Å². The highest BCUT2D eigenvalue weighted by Gasteiger charge is 2.34. The van der Waals surface area contributed by atoms with E-state index < -0.39 is 0 Å². The second-order valence-electron chi connectivity index (χ2n) is 6.22. The average molecular weight is 339 g/mol. The first-order chi connectivity index (χ1) is 11.5. The molecule has 5 heteroatoms. The van der Waals surface area contributed by atoms with Gasteiger partial charge in [0, 0.05) is 28.1 Å². The van der Waals surface area contributed by atoms with Crippen LogP contribution in [0, 0.1) is 13.8 Å². The van der Waals surface area contributed by atoms with Crippen LogP contribution in [0.2, 0.25) is 0 Å². The van der Waals surface area contributed by atoms with Gasteiger partial charge < -0.3 is 9.30 Å². The smallest absolute Gasteiger partial charge is 0.312 e. The number of aryl methyl sites for hydroxylation is 3. The molecule has 0 saturated heterocycles. The van der Waals surface area contributed by atoms with Crippen molar-refractivity contribution in [3.05, 3.63) is 61.6 Å². The Balaban J connectivity index is 2.09. The molecule has 0 saturated carbocycles. The van der Waals surface area contributed by atoms with Gasteiger partial charge in [0.2, 0.25) is 0 Å². The van der Waals surface area contributed by atoms with E-state index >= 15 is 0 Å². The zero-order chi connectivity index (χ0) is 17.0.